The first-order valence-electron chi connectivity index (χ1n) is 10.1. The van der Waals surface area contributed by atoms with Gasteiger partial charge in [0, 0.05) is 5.54 Å². The maximum atomic E-state index is 3.98. The fourth-order valence-electron chi connectivity index (χ4n) is 3.25. The van der Waals surface area contributed by atoms with Gasteiger partial charge in [0.1, 0.15) is 6.67 Å². The van der Waals surface area contributed by atoms with Crippen molar-refractivity contribution in [1.29, 1.82) is 0 Å². The largest absolute Gasteiger partial charge is 0.219 e. The Morgan fingerprint density at radius 2 is 1.26 bits per heavy atom. The topological polar surface area (TPSA) is 40.0 Å². The lowest BCUT2D eigenvalue weighted by Crippen LogP contribution is -2.47. The minimum atomic E-state index is 0.154. The SMILES string of the molecule is CCCCCCCCCCCCCCCC(C)(C)N1CN=NN1. The van der Waals surface area contributed by atoms with Crippen LogP contribution in [0.15, 0.2) is 10.3 Å². The van der Waals surface area contributed by atoms with Gasteiger partial charge >= 0.3 is 0 Å². The number of hydrogen-bond donors (Lipinski definition) is 1. The minimum absolute atomic E-state index is 0.154. The molecule has 1 aliphatic rings. The predicted octanol–water partition coefficient (Wildman–Crippen LogP) is 6.39. The molecule has 0 spiro atoms. The van der Waals surface area contributed by atoms with Crippen molar-refractivity contribution >= 4 is 0 Å². The molecule has 1 aliphatic heterocycles. The van der Waals surface area contributed by atoms with Crippen LogP contribution in [0.2, 0.25) is 0 Å². The Morgan fingerprint density at radius 3 is 1.70 bits per heavy atom. The monoisotopic (exact) mass is 324 g/mol. The van der Waals surface area contributed by atoms with Crippen LogP contribution in [-0.2, 0) is 0 Å². The van der Waals surface area contributed by atoms with E-state index in [1.54, 1.807) is 0 Å². The highest BCUT2D eigenvalue weighted by atomic mass is 15.8. The average Bonchev–Trinajstić information content (AvgIpc) is 3.07. The third-order valence-electron chi connectivity index (χ3n) is 5.06. The van der Waals surface area contributed by atoms with Gasteiger partial charge in [-0.3, -0.25) is 0 Å². The third-order valence-corrected chi connectivity index (χ3v) is 5.06. The fraction of sp³-hybridized carbons (Fsp3) is 1.00. The van der Waals surface area contributed by atoms with Crippen molar-refractivity contribution in [3.63, 3.8) is 0 Å². The van der Waals surface area contributed by atoms with Crippen molar-refractivity contribution in [1.82, 2.24) is 10.5 Å². The van der Waals surface area contributed by atoms with E-state index in [9.17, 15) is 0 Å². The van der Waals surface area contributed by atoms with Gasteiger partial charge in [0.2, 0.25) is 0 Å². The first-order valence-corrected chi connectivity index (χ1v) is 10.1. The van der Waals surface area contributed by atoms with Gasteiger partial charge in [-0.15, -0.1) is 0 Å². The molecule has 0 aromatic carbocycles. The molecule has 0 aromatic heterocycles. The highest BCUT2D eigenvalue weighted by molar-refractivity contribution is 4.79. The van der Waals surface area contributed by atoms with E-state index < -0.39 is 0 Å². The van der Waals surface area contributed by atoms with Crippen LogP contribution in [0.4, 0.5) is 0 Å². The molecular weight excluding hydrogens is 284 g/mol. The average molecular weight is 325 g/mol. The van der Waals surface area contributed by atoms with Crippen molar-refractivity contribution in [2.75, 3.05) is 6.67 Å². The number of unbranched alkanes of at least 4 members (excludes halogenated alkanes) is 12. The van der Waals surface area contributed by atoms with E-state index in [-0.39, 0.29) is 5.54 Å². The quantitative estimate of drug-likeness (QED) is 0.354. The second-order valence-corrected chi connectivity index (χ2v) is 7.72. The number of nitrogens with zero attached hydrogens (tertiary/aromatic N) is 3. The Bertz CT molecular complexity index is 294. The van der Waals surface area contributed by atoms with Crippen LogP contribution >= 0.6 is 0 Å². The lowest BCUT2D eigenvalue weighted by molar-refractivity contribution is 0.0784. The Kier molecular flexibility index (Phi) is 11.3. The van der Waals surface area contributed by atoms with Gasteiger partial charge < -0.3 is 0 Å². The second kappa shape index (κ2) is 12.7. The molecule has 1 heterocycles. The summed E-state index contributed by atoms with van der Waals surface area (Å²) in [6.45, 7) is 7.52. The normalized spacial score (nSPS) is 15.3. The molecule has 23 heavy (non-hydrogen) atoms. The first-order chi connectivity index (χ1) is 11.2. The van der Waals surface area contributed by atoms with Gasteiger partial charge in [0.25, 0.3) is 0 Å². The smallest absolute Gasteiger partial charge is 0.134 e. The van der Waals surface area contributed by atoms with Crippen LogP contribution in [0.3, 0.4) is 0 Å². The zero-order valence-electron chi connectivity index (χ0n) is 15.9. The molecule has 0 saturated heterocycles. The Morgan fingerprint density at radius 1 is 0.783 bits per heavy atom. The van der Waals surface area contributed by atoms with Crippen LogP contribution in [-0.4, -0.2) is 17.2 Å². The van der Waals surface area contributed by atoms with Crippen molar-refractivity contribution in [3.8, 4) is 0 Å². The molecule has 0 fully saturated rings. The molecule has 1 N–H and O–H groups in total. The molecule has 136 valence electrons. The highest BCUT2D eigenvalue weighted by Crippen LogP contribution is 2.22. The Balaban J connectivity index is 1.81. The zero-order valence-corrected chi connectivity index (χ0v) is 15.9. The highest BCUT2D eigenvalue weighted by Gasteiger charge is 2.28. The molecule has 0 aromatic rings. The van der Waals surface area contributed by atoms with E-state index in [2.05, 4.69) is 41.7 Å². The van der Waals surface area contributed by atoms with Gasteiger partial charge in [0.15, 0.2) is 0 Å². The summed E-state index contributed by atoms with van der Waals surface area (Å²) in [4.78, 5) is 0. The minimum Gasteiger partial charge on any atom is -0.219 e. The summed E-state index contributed by atoms with van der Waals surface area (Å²) in [7, 11) is 0. The molecule has 4 nitrogen and oxygen atoms in total. The molecule has 0 saturated carbocycles. The lowest BCUT2D eigenvalue weighted by Gasteiger charge is -2.33. The molecule has 0 aliphatic carbocycles. The zero-order chi connectivity index (χ0) is 16.8. The Hall–Kier alpha value is -0.640. The van der Waals surface area contributed by atoms with E-state index in [1.165, 1.54) is 89.9 Å². The molecule has 0 bridgehead atoms. The summed E-state index contributed by atoms with van der Waals surface area (Å²) >= 11 is 0. The molecule has 1 rings (SSSR count). The number of rotatable bonds is 15. The van der Waals surface area contributed by atoms with Crippen LogP contribution in [0, 0.1) is 0 Å². The summed E-state index contributed by atoms with van der Waals surface area (Å²) in [5, 5.41) is 9.96. The van der Waals surface area contributed by atoms with Gasteiger partial charge in [0.05, 0.1) is 0 Å². The molecular formula is C19H40N4. The van der Waals surface area contributed by atoms with E-state index in [0.29, 0.717) is 6.67 Å². The maximum absolute atomic E-state index is 3.98. The first kappa shape index (κ1) is 20.4. The summed E-state index contributed by atoms with van der Waals surface area (Å²) < 4.78 is 0. The Labute approximate surface area is 144 Å². The third kappa shape index (κ3) is 9.95. The number of hydrogen-bond acceptors (Lipinski definition) is 4. The van der Waals surface area contributed by atoms with Crippen molar-refractivity contribution in [3.05, 3.63) is 0 Å². The van der Waals surface area contributed by atoms with Crippen molar-refractivity contribution < 1.29 is 0 Å². The van der Waals surface area contributed by atoms with Crippen molar-refractivity contribution in [2.45, 2.75) is 116 Å². The van der Waals surface area contributed by atoms with Crippen molar-refractivity contribution in [2.24, 2.45) is 10.3 Å². The van der Waals surface area contributed by atoms with Gasteiger partial charge in [-0.05, 0) is 20.3 Å². The molecule has 4 heteroatoms. The second-order valence-electron chi connectivity index (χ2n) is 7.72. The van der Waals surface area contributed by atoms with Gasteiger partial charge in [-0.25, -0.2) is 5.53 Å². The summed E-state index contributed by atoms with van der Waals surface area (Å²) in [5.41, 5.74) is 3.14. The van der Waals surface area contributed by atoms with Crippen LogP contribution in [0.25, 0.3) is 0 Å². The number of nitrogens with one attached hydrogen (secondary N) is 1. The van der Waals surface area contributed by atoms with Gasteiger partial charge in [-0.1, -0.05) is 95.6 Å². The maximum Gasteiger partial charge on any atom is 0.134 e. The van der Waals surface area contributed by atoms with E-state index >= 15 is 0 Å². The van der Waals surface area contributed by atoms with E-state index in [4.69, 9.17) is 0 Å². The number of hydrazine groups is 1. The summed E-state index contributed by atoms with van der Waals surface area (Å²) in [5.74, 6) is 0. The van der Waals surface area contributed by atoms with Crippen LogP contribution < -0.4 is 5.53 Å². The molecule has 0 amide bonds. The molecule has 0 radical (unpaired) electrons. The summed E-state index contributed by atoms with van der Waals surface area (Å²) in [6, 6.07) is 0. The summed E-state index contributed by atoms with van der Waals surface area (Å²) in [6.07, 6.45) is 19.6. The predicted molar refractivity (Wildman–Crippen MR) is 99.1 cm³/mol. The fourth-order valence-corrected chi connectivity index (χ4v) is 3.25. The standard InChI is InChI=1S/C19H40N4/c1-4-5-6-7-8-9-10-11-12-13-14-15-16-17-19(2,3)23-18-20-21-22-23/h4-18H2,1-3H3,(H,20,22). The molecule has 0 atom stereocenters. The van der Waals surface area contributed by atoms with Gasteiger partial charge in [-0.2, -0.15) is 10.1 Å². The molecule has 0 unspecified atom stereocenters. The lowest BCUT2D eigenvalue weighted by atomic mass is 9.95. The van der Waals surface area contributed by atoms with Crippen LogP contribution in [0.5, 0.6) is 0 Å². The van der Waals surface area contributed by atoms with Crippen LogP contribution in [0.1, 0.15) is 111 Å². The van der Waals surface area contributed by atoms with E-state index in [1.807, 2.05) is 0 Å². The van der Waals surface area contributed by atoms with E-state index in [0.717, 1.165) is 0 Å².